The molecule has 2 N–H and O–H groups in total. The highest BCUT2D eigenvalue weighted by atomic mass is 32.2. The second-order valence-corrected chi connectivity index (χ2v) is 5.62. The van der Waals surface area contributed by atoms with E-state index in [9.17, 15) is 13.2 Å². The van der Waals surface area contributed by atoms with E-state index in [-0.39, 0.29) is 11.8 Å². The number of carboxylic acid groups (broad SMARTS) is 1. The van der Waals surface area contributed by atoms with Crippen molar-refractivity contribution >= 4 is 15.8 Å². The van der Waals surface area contributed by atoms with E-state index in [1.165, 1.54) is 0 Å². The van der Waals surface area contributed by atoms with Crippen molar-refractivity contribution in [3.63, 3.8) is 0 Å². The molecule has 0 aliphatic heterocycles. The molecule has 0 saturated carbocycles. The van der Waals surface area contributed by atoms with E-state index in [2.05, 4.69) is 5.32 Å². The van der Waals surface area contributed by atoms with Gasteiger partial charge in [0.2, 0.25) is 0 Å². The predicted molar refractivity (Wildman–Crippen MR) is 53.7 cm³/mol. The standard InChI is InChI=1S/C8H17NO4S/c1-4-6(2)7(8(10)11)9-5-14(3,12)13/h6-7,9H,4-5H2,1-3H3,(H,10,11)/t6?,7-/m1/s1. The molecule has 2 atom stereocenters. The van der Waals surface area contributed by atoms with Crippen molar-refractivity contribution in [1.29, 1.82) is 0 Å². The van der Waals surface area contributed by atoms with Crippen LogP contribution in [0.2, 0.25) is 0 Å². The minimum atomic E-state index is -3.17. The Morgan fingerprint density at radius 1 is 1.50 bits per heavy atom. The molecule has 0 radical (unpaired) electrons. The Morgan fingerprint density at radius 2 is 2.00 bits per heavy atom. The van der Waals surface area contributed by atoms with Crippen molar-refractivity contribution in [1.82, 2.24) is 5.32 Å². The normalized spacial score (nSPS) is 16.2. The summed E-state index contributed by atoms with van der Waals surface area (Å²) >= 11 is 0. The van der Waals surface area contributed by atoms with Crippen LogP contribution in [0, 0.1) is 5.92 Å². The molecule has 0 fully saturated rings. The van der Waals surface area contributed by atoms with Crippen LogP contribution in [0.3, 0.4) is 0 Å². The van der Waals surface area contributed by atoms with Gasteiger partial charge in [-0.2, -0.15) is 0 Å². The number of rotatable bonds is 6. The van der Waals surface area contributed by atoms with Crippen LogP contribution >= 0.6 is 0 Å². The van der Waals surface area contributed by atoms with Crippen molar-refractivity contribution in [2.75, 3.05) is 12.1 Å². The third-order valence-electron chi connectivity index (χ3n) is 2.04. The van der Waals surface area contributed by atoms with Gasteiger partial charge in [-0.05, 0) is 5.92 Å². The van der Waals surface area contributed by atoms with Crippen LogP contribution in [0.25, 0.3) is 0 Å². The molecular weight excluding hydrogens is 206 g/mol. The van der Waals surface area contributed by atoms with E-state index < -0.39 is 21.8 Å². The van der Waals surface area contributed by atoms with Crippen molar-refractivity contribution in [2.24, 2.45) is 5.92 Å². The van der Waals surface area contributed by atoms with Crippen molar-refractivity contribution in [2.45, 2.75) is 26.3 Å². The number of carbonyl (C=O) groups is 1. The van der Waals surface area contributed by atoms with Crippen molar-refractivity contribution in [3.8, 4) is 0 Å². The SMILES string of the molecule is CCC(C)[C@@H](NCS(C)(=O)=O)C(=O)O. The highest BCUT2D eigenvalue weighted by Crippen LogP contribution is 2.07. The molecule has 5 nitrogen and oxygen atoms in total. The maximum Gasteiger partial charge on any atom is 0.320 e. The first-order valence-electron chi connectivity index (χ1n) is 4.41. The van der Waals surface area contributed by atoms with Crippen molar-refractivity contribution in [3.05, 3.63) is 0 Å². The minimum absolute atomic E-state index is 0.0887. The molecule has 0 aromatic heterocycles. The molecule has 0 amide bonds. The second-order valence-electron chi connectivity index (χ2n) is 3.48. The van der Waals surface area contributed by atoms with Crippen LogP contribution in [0.15, 0.2) is 0 Å². The van der Waals surface area contributed by atoms with Crippen LogP contribution in [-0.2, 0) is 14.6 Å². The molecule has 1 unspecified atom stereocenters. The Labute approximate surface area is 84.4 Å². The zero-order valence-corrected chi connectivity index (χ0v) is 9.47. The number of sulfone groups is 1. The average Bonchev–Trinajstić information content (AvgIpc) is 2.01. The summed E-state index contributed by atoms with van der Waals surface area (Å²) in [5, 5.41) is 11.3. The average molecular weight is 223 g/mol. The molecule has 0 saturated heterocycles. The third kappa shape index (κ3) is 5.18. The Morgan fingerprint density at radius 3 is 2.29 bits per heavy atom. The molecule has 0 bridgehead atoms. The van der Waals surface area contributed by atoms with Crippen LogP contribution in [0.1, 0.15) is 20.3 Å². The Balaban J connectivity index is 4.33. The first-order chi connectivity index (χ1) is 6.28. The summed E-state index contributed by atoms with van der Waals surface area (Å²) in [5.41, 5.74) is 0. The Kier molecular flexibility index (Phi) is 5.07. The highest BCUT2D eigenvalue weighted by Gasteiger charge is 2.23. The summed E-state index contributed by atoms with van der Waals surface area (Å²) in [6, 6.07) is -0.797. The minimum Gasteiger partial charge on any atom is -0.480 e. The van der Waals surface area contributed by atoms with Crippen LogP contribution in [0.5, 0.6) is 0 Å². The fraction of sp³-hybridized carbons (Fsp3) is 0.875. The highest BCUT2D eigenvalue weighted by molar-refractivity contribution is 7.90. The number of hydrogen-bond donors (Lipinski definition) is 2. The summed E-state index contributed by atoms with van der Waals surface area (Å²) < 4.78 is 21.6. The molecule has 0 aromatic carbocycles. The van der Waals surface area contributed by atoms with E-state index in [1.54, 1.807) is 6.92 Å². The van der Waals surface area contributed by atoms with Gasteiger partial charge in [-0.25, -0.2) is 8.42 Å². The monoisotopic (exact) mass is 223 g/mol. The summed E-state index contributed by atoms with van der Waals surface area (Å²) in [6.45, 7) is 3.64. The summed E-state index contributed by atoms with van der Waals surface area (Å²) in [4.78, 5) is 10.8. The summed E-state index contributed by atoms with van der Waals surface area (Å²) in [5.74, 6) is -1.40. The van der Waals surface area contributed by atoms with Gasteiger partial charge in [0.15, 0.2) is 9.84 Å². The molecule has 6 heteroatoms. The number of nitrogens with one attached hydrogen (secondary N) is 1. The quantitative estimate of drug-likeness (QED) is 0.666. The number of carboxylic acids is 1. The lowest BCUT2D eigenvalue weighted by molar-refractivity contribution is -0.140. The van der Waals surface area contributed by atoms with Crippen LogP contribution in [-0.4, -0.2) is 37.7 Å². The Bertz CT molecular complexity index is 286. The van der Waals surface area contributed by atoms with E-state index in [0.717, 1.165) is 6.26 Å². The van der Waals surface area contributed by atoms with E-state index in [1.807, 2.05) is 6.92 Å². The molecule has 84 valence electrons. The second kappa shape index (κ2) is 5.31. The first-order valence-corrected chi connectivity index (χ1v) is 6.48. The largest absolute Gasteiger partial charge is 0.480 e. The third-order valence-corrected chi connectivity index (χ3v) is 2.74. The van der Waals surface area contributed by atoms with E-state index in [4.69, 9.17) is 5.11 Å². The van der Waals surface area contributed by atoms with Gasteiger partial charge in [0.25, 0.3) is 0 Å². The zero-order valence-electron chi connectivity index (χ0n) is 8.65. The lowest BCUT2D eigenvalue weighted by Gasteiger charge is -2.19. The van der Waals surface area contributed by atoms with Crippen LogP contribution in [0.4, 0.5) is 0 Å². The zero-order chi connectivity index (χ0) is 11.4. The first kappa shape index (κ1) is 13.4. The van der Waals surface area contributed by atoms with Crippen LogP contribution < -0.4 is 5.32 Å². The predicted octanol–water partition coefficient (Wildman–Crippen LogP) is 0.0774. The molecular formula is C8H17NO4S. The number of hydrogen-bond acceptors (Lipinski definition) is 4. The Hall–Kier alpha value is -0.620. The van der Waals surface area contributed by atoms with Gasteiger partial charge in [-0.3, -0.25) is 10.1 Å². The fourth-order valence-electron chi connectivity index (χ4n) is 1.01. The molecule has 0 heterocycles. The lowest BCUT2D eigenvalue weighted by atomic mass is 10.00. The van der Waals surface area contributed by atoms with Gasteiger partial charge in [-0.1, -0.05) is 20.3 Å². The topological polar surface area (TPSA) is 83.5 Å². The van der Waals surface area contributed by atoms with Gasteiger partial charge in [0, 0.05) is 6.26 Å². The molecule has 0 aliphatic carbocycles. The summed E-state index contributed by atoms with van der Waals surface area (Å²) in [6.07, 6.45) is 1.75. The van der Waals surface area contributed by atoms with Crippen molar-refractivity contribution < 1.29 is 18.3 Å². The molecule has 14 heavy (non-hydrogen) atoms. The van der Waals surface area contributed by atoms with Gasteiger partial charge in [0.1, 0.15) is 6.04 Å². The lowest BCUT2D eigenvalue weighted by Crippen LogP contribution is -2.43. The maximum absolute atomic E-state index is 10.8. The molecule has 0 aliphatic rings. The van der Waals surface area contributed by atoms with Gasteiger partial charge in [-0.15, -0.1) is 0 Å². The maximum atomic E-state index is 10.8. The molecule has 0 aromatic rings. The van der Waals surface area contributed by atoms with Gasteiger partial charge < -0.3 is 5.11 Å². The summed E-state index contributed by atoms with van der Waals surface area (Å²) in [7, 11) is -3.17. The van der Waals surface area contributed by atoms with Gasteiger partial charge in [0.05, 0.1) is 5.88 Å². The van der Waals surface area contributed by atoms with E-state index in [0.29, 0.717) is 6.42 Å². The van der Waals surface area contributed by atoms with Gasteiger partial charge >= 0.3 is 5.97 Å². The smallest absolute Gasteiger partial charge is 0.320 e. The number of aliphatic carboxylic acids is 1. The fourth-order valence-corrected chi connectivity index (χ4v) is 1.49. The molecule has 0 spiro atoms. The van der Waals surface area contributed by atoms with E-state index >= 15 is 0 Å². The molecule has 0 rings (SSSR count).